The number of aromatic nitrogens is 4. The van der Waals surface area contributed by atoms with Crippen molar-refractivity contribution in [3.8, 4) is 45.3 Å². The maximum absolute atomic E-state index is 6.28. The van der Waals surface area contributed by atoms with Crippen molar-refractivity contribution in [1.29, 1.82) is 0 Å². The minimum absolute atomic E-state index is 0.239. The smallest absolute Gasteiger partial charge is 0.182 e. The monoisotopic (exact) mass is 610 g/mol. The number of benzene rings is 5. The largest absolute Gasteiger partial charge is 0.443 e. The SMILES string of the molecule is c1ccc(-c2nc(-c3ccccc3)nc(-c3ccc(-c4ccc(C56CC7CC(CC(C7)C5)C6)c5ocnc45)c4ccccc34)n2)cc1. The highest BCUT2D eigenvalue weighted by molar-refractivity contribution is 6.08. The second-order valence-electron chi connectivity index (χ2n) is 14.1. The third kappa shape index (κ3) is 4.36. The van der Waals surface area contributed by atoms with Crippen LogP contribution in [0.1, 0.15) is 44.1 Å². The van der Waals surface area contributed by atoms with Crippen LogP contribution in [0.25, 0.3) is 67.2 Å². The second-order valence-corrected chi connectivity index (χ2v) is 14.1. The van der Waals surface area contributed by atoms with Gasteiger partial charge in [-0.05, 0) is 84.1 Å². The first-order valence-corrected chi connectivity index (χ1v) is 17.0. The molecule has 0 atom stereocenters. The first-order chi connectivity index (χ1) is 23.2. The molecule has 4 aliphatic carbocycles. The predicted octanol–water partition coefficient (Wildman–Crippen LogP) is 10.3. The average Bonchev–Trinajstić information content (AvgIpc) is 3.61. The van der Waals surface area contributed by atoms with E-state index in [1.54, 1.807) is 6.39 Å². The van der Waals surface area contributed by atoms with E-state index in [1.165, 1.54) is 44.1 Å². The summed E-state index contributed by atoms with van der Waals surface area (Å²) in [6.45, 7) is 0. The third-order valence-corrected chi connectivity index (χ3v) is 11.2. The maximum Gasteiger partial charge on any atom is 0.182 e. The molecule has 0 spiro atoms. The quantitative estimate of drug-likeness (QED) is 0.194. The summed E-state index contributed by atoms with van der Waals surface area (Å²) >= 11 is 0. The van der Waals surface area contributed by atoms with E-state index in [0.29, 0.717) is 17.5 Å². The van der Waals surface area contributed by atoms with Crippen LogP contribution in [-0.2, 0) is 5.41 Å². The topological polar surface area (TPSA) is 64.7 Å². The van der Waals surface area contributed by atoms with Crippen LogP contribution in [0.4, 0.5) is 0 Å². The predicted molar refractivity (Wildman–Crippen MR) is 186 cm³/mol. The van der Waals surface area contributed by atoms with E-state index in [0.717, 1.165) is 67.4 Å². The Balaban J connectivity index is 1.13. The fourth-order valence-corrected chi connectivity index (χ4v) is 9.68. The van der Waals surface area contributed by atoms with Gasteiger partial charge in [-0.3, -0.25) is 0 Å². The van der Waals surface area contributed by atoms with Crippen molar-refractivity contribution in [2.45, 2.75) is 43.9 Å². The Kier molecular flexibility index (Phi) is 5.99. The van der Waals surface area contributed by atoms with E-state index in [1.807, 2.05) is 60.7 Å². The molecule has 4 bridgehead atoms. The Hall–Kier alpha value is -5.16. The van der Waals surface area contributed by atoms with Gasteiger partial charge in [0.25, 0.3) is 0 Å². The number of rotatable bonds is 5. The molecule has 4 aliphatic rings. The highest BCUT2D eigenvalue weighted by Crippen LogP contribution is 2.61. The van der Waals surface area contributed by atoms with E-state index < -0.39 is 0 Å². The van der Waals surface area contributed by atoms with Gasteiger partial charge in [-0.25, -0.2) is 19.9 Å². The van der Waals surface area contributed by atoms with Crippen molar-refractivity contribution >= 4 is 21.9 Å². The molecule has 5 aromatic carbocycles. The lowest BCUT2D eigenvalue weighted by Crippen LogP contribution is -2.48. The van der Waals surface area contributed by atoms with Crippen molar-refractivity contribution in [2.75, 3.05) is 0 Å². The van der Waals surface area contributed by atoms with Crippen LogP contribution in [0.2, 0.25) is 0 Å². The second kappa shape index (κ2) is 10.4. The third-order valence-electron chi connectivity index (χ3n) is 11.2. The molecule has 0 amide bonds. The fraction of sp³-hybridized carbons (Fsp3) is 0.238. The first kappa shape index (κ1) is 27.0. The summed E-state index contributed by atoms with van der Waals surface area (Å²) in [4.78, 5) is 19.9. The van der Waals surface area contributed by atoms with E-state index in [4.69, 9.17) is 24.4 Å². The van der Waals surface area contributed by atoms with Gasteiger partial charge in [0.2, 0.25) is 0 Å². The van der Waals surface area contributed by atoms with Gasteiger partial charge in [-0.15, -0.1) is 0 Å². The van der Waals surface area contributed by atoms with E-state index in [2.05, 4.69) is 48.5 Å². The molecule has 47 heavy (non-hydrogen) atoms. The van der Waals surface area contributed by atoms with Crippen molar-refractivity contribution in [1.82, 2.24) is 19.9 Å². The molecule has 4 saturated carbocycles. The van der Waals surface area contributed by atoms with Crippen LogP contribution in [0.5, 0.6) is 0 Å². The van der Waals surface area contributed by atoms with E-state index >= 15 is 0 Å². The lowest BCUT2D eigenvalue weighted by molar-refractivity contribution is -0.00487. The number of hydrogen-bond donors (Lipinski definition) is 0. The average molecular weight is 611 g/mol. The zero-order chi connectivity index (χ0) is 31.0. The molecular formula is C42H34N4O. The fourth-order valence-electron chi connectivity index (χ4n) is 9.68. The lowest BCUT2D eigenvalue weighted by atomic mass is 9.48. The van der Waals surface area contributed by atoms with Crippen LogP contribution < -0.4 is 0 Å². The molecule has 2 heterocycles. The molecule has 0 N–H and O–H groups in total. The first-order valence-electron chi connectivity index (χ1n) is 17.0. The van der Waals surface area contributed by atoms with Gasteiger partial charge in [0, 0.05) is 27.8 Å². The highest BCUT2D eigenvalue weighted by Gasteiger charge is 2.52. The summed E-state index contributed by atoms with van der Waals surface area (Å²) in [5.74, 6) is 4.59. The summed E-state index contributed by atoms with van der Waals surface area (Å²) < 4.78 is 6.28. The Morgan fingerprint density at radius 2 is 1.02 bits per heavy atom. The zero-order valence-electron chi connectivity index (χ0n) is 26.1. The van der Waals surface area contributed by atoms with Crippen molar-refractivity contribution in [3.05, 3.63) is 121 Å². The summed E-state index contributed by atoms with van der Waals surface area (Å²) in [6.07, 6.45) is 9.83. The minimum atomic E-state index is 0.239. The molecule has 4 fully saturated rings. The molecule has 11 rings (SSSR count). The Labute approximate surface area is 273 Å². The van der Waals surface area contributed by atoms with Gasteiger partial charge in [0.15, 0.2) is 29.4 Å². The number of oxazole rings is 1. The van der Waals surface area contributed by atoms with Crippen LogP contribution in [0, 0.1) is 17.8 Å². The summed E-state index contributed by atoms with van der Waals surface area (Å²) in [6, 6.07) is 37.9. The molecule has 0 aliphatic heterocycles. The van der Waals surface area contributed by atoms with E-state index in [-0.39, 0.29) is 5.41 Å². The van der Waals surface area contributed by atoms with Gasteiger partial charge >= 0.3 is 0 Å². The Morgan fingerprint density at radius 3 is 1.64 bits per heavy atom. The molecule has 228 valence electrons. The highest BCUT2D eigenvalue weighted by atomic mass is 16.3. The number of nitrogens with zero attached hydrogens (tertiary/aromatic N) is 4. The van der Waals surface area contributed by atoms with Crippen molar-refractivity contribution < 1.29 is 4.42 Å². The van der Waals surface area contributed by atoms with Crippen molar-refractivity contribution in [2.24, 2.45) is 17.8 Å². The summed E-state index contributed by atoms with van der Waals surface area (Å²) in [5.41, 5.74) is 8.72. The van der Waals surface area contributed by atoms with Crippen LogP contribution in [0.15, 0.2) is 120 Å². The van der Waals surface area contributed by atoms with Crippen LogP contribution in [-0.4, -0.2) is 19.9 Å². The molecule has 5 nitrogen and oxygen atoms in total. The number of hydrogen-bond acceptors (Lipinski definition) is 5. The summed E-state index contributed by atoms with van der Waals surface area (Å²) in [5, 5.41) is 2.23. The molecule has 7 aromatic rings. The van der Waals surface area contributed by atoms with Gasteiger partial charge in [0.1, 0.15) is 5.52 Å². The summed E-state index contributed by atoms with van der Waals surface area (Å²) in [7, 11) is 0. The molecule has 0 radical (unpaired) electrons. The van der Waals surface area contributed by atoms with Gasteiger partial charge in [-0.1, -0.05) is 103 Å². The molecular weight excluding hydrogens is 576 g/mol. The molecule has 0 unspecified atom stereocenters. The zero-order valence-corrected chi connectivity index (χ0v) is 26.1. The van der Waals surface area contributed by atoms with Gasteiger partial charge in [-0.2, -0.15) is 0 Å². The van der Waals surface area contributed by atoms with Crippen LogP contribution in [0.3, 0.4) is 0 Å². The van der Waals surface area contributed by atoms with Gasteiger partial charge < -0.3 is 4.42 Å². The van der Waals surface area contributed by atoms with Crippen molar-refractivity contribution in [3.63, 3.8) is 0 Å². The molecule has 2 aromatic heterocycles. The number of fused-ring (bicyclic) bond motifs is 2. The standard InChI is InChI=1S/C42H34N4O/c1-3-9-29(10-4-1)39-44-40(30-11-5-2-6-12-30)46-41(45-39)35-16-15-33(31-13-7-8-14-32(31)35)34-17-18-36(38-37(34)43-25-47-38)42-22-26-19-27(23-42)21-28(20-26)24-42/h1-18,25-28H,19-24H2. The lowest BCUT2D eigenvalue weighted by Gasteiger charge is -2.57. The Morgan fingerprint density at radius 1 is 0.511 bits per heavy atom. The molecule has 5 heteroatoms. The van der Waals surface area contributed by atoms with E-state index in [9.17, 15) is 0 Å². The Bertz CT molecular complexity index is 2200. The molecule has 0 saturated heterocycles. The normalized spacial score (nSPS) is 23.1. The van der Waals surface area contributed by atoms with Gasteiger partial charge in [0.05, 0.1) is 0 Å². The maximum atomic E-state index is 6.28. The minimum Gasteiger partial charge on any atom is -0.443 e. The van der Waals surface area contributed by atoms with Crippen LogP contribution >= 0.6 is 0 Å².